The van der Waals surface area contributed by atoms with E-state index < -0.39 is 23.6 Å². The predicted molar refractivity (Wildman–Crippen MR) is 82.0 cm³/mol. The maximum Gasteiger partial charge on any atom is 0.229 e. The van der Waals surface area contributed by atoms with E-state index in [1.165, 1.54) is 11.0 Å². The highest BCUT2D eigenvalue weighted by Crippen LogP contribution is 2.28. The first-order valence-corrected chi connectivity index (χ1v) is 7.61. The molecule has 0 radical (unpaired) electrons. The standard InChI is InChI=1S/C17H16F2N2O3/c1-2-12-10-24-6-5-20(12)17(23)11-7-16(22)21(9-11)13-3-4-14(18)15(19)8-13/h1,3-4,8,11-12H,5-7,9-10H2. The molecule has 0 spiro atoms. The molecule has 2 atom stereocenters. The van der Waals surface area contributed by atoms with Crippen LogP contribution < -0.4 is 4.90 Å². The maximum absolute atomic E-state index is 13.4. The molecular formula is C17H16F2N2O3. The second-order valence-electron chi connectivity index (χ2n) is 5.79. The molecular weight excluding hydrogens is 318 g/mol. The van der Waals surface area contributed by atoms with Gasteiger partial charge in [0.2, 0.25) is 11.8 Å². The van der Waals surface area contributed by atoms with E-state index in [4.69, 9.17) is 11.2 Å². The minimum absolute atomic E-state index is 0.0203. The highest BCUT2D eigenvalue weighted by atomic mass is 19.2. The van der Waals surface area contributed by atoms with Crippen LogP contribution in [-0.2, 0) is 14.3 Å². The Morgan fingerprint density at radius 2 is 2.12 bits per heavy atom. The van der Waals surface area contributed by atoms with Crippen LogP contribution >= 0.6 is 0 Å². The van der Waals surface area contributed by atoms with Gasteiger partial charge < -0.3 is 14.5 Å². The van der Waals surface area contributed by atoms with Crippen molar-refractivity contribution in [1.29, 1.82) is 0 Å². The number of ether oxygens (including phenoxy) is 1. The lowest BCUT2D eigenvalue weighted by Crippen LogP contribution is -2.50. The van der Waals surface area contributed by atoms with Gasteiger partial charge in [-0.3, -0.25) is 9.59 Å². The van der Waals surface area contributed by atoms with E-state index in [2.05, 4.69) is 5.92 Å². The van der Waals surface area contributed by atoms with E-state index >= 15 is 0 Å². The molecule has 2 aliphatic heterocycles. The van der Waals surface area contributed by atoms with Crippen molar-refractivity contribution in [3.63, 3.8) is 0 Å². The van der Waals surface area contributed by atoms with Crippen LogP contribution in [0.15, 0.2) is 18.2 Å². The van der Waals surface area contributed by atoms with Crippen LogP contribution in [0.25, 0.3) is 0 Å². The zero-order chi connectivity index (χ0) is 17.3. The monoisotopic (exact) mass is 334 g/mol. The van der Waals surface area contributed by atoms with Gasteiger partial charge in [-0.1, -0.05) is 5.92 Å². The fraction of sp³-hybridized carbons (Fsp3) is 0.412. The van der Waals surface area contributed by atoms with Crippen LogP contribution in [0.3, 0.4) is 0 Å². The molecule has 2 fully saturated rings. The fourth-order valence-corrected chi connectivity index (χ4v) is 3.02. The van der Waals surface area contributed by atoms with Gasteiger partial charge in [0.1, 0.15) is 6.04 Å². The molecule has 1 aromatic carbocycles. The van der Waals surface area contributed by atoms with Crippen molar-refractivity contribution in [3.8, 4) is 12.3 Å². The number of carbonyl (C=O) groups excluding carboxylic acids is 2. The number of anilines is 1. The molecule has 0 N–H and O–H groups in total. The van der Waals surface area contributed by atoms with Gasteiger partial charge in [0, 0.05) is 31.3 Å². The van der Waals surface area contributed by atoms with Gasteiger partial charge in [0.25, 0.3) is 0 Å². The number of benzene rings is 1. The molecule has 24 heavy (non-hydrogen) atoms. The summed E-state index contributed by atoms with van der Waals surface area (Å²) < 4.78 is 31.7. The summed E-state index contributed by atoms with van der Waals surface area (Å²) in [5.74, 6) is -0.564. The van der Waals surface area contributed by atoms with Crippen LogP contribution in [0, 0.1) is 29.9 Å². The van der Waals surface area contributed by atoms with Crippen molar-refractivity contribution in [1.82, 2.24) is 4.90 Å². The maximum atomic E-state index is 13.4. The lowest BCUT2D eigenvalue weighted by molar-refractivity contribution is -0.142. The quantitative estimate of drug-likeness (QED) is 0.763. The molecule has 0 aromatic heterocycles. The summed E-state index contributed by atoms with van der Waals surface area (Å²) in [6, 6.07) is 2.80. The molecule has 5 nitrogen and oxygen atoms in total. The number of morpholine rings is 1. The van der Waals surface area contributed by atoms with Gasteiger partial charge in [0.15, 0.2) is 11.6 Å². The smallest absolute Gasteiger partial charge is 0.229 e. The third kappa shape index (κ3) is 2.97. The summed E-state index contributed by atoms with van der Waals surface area (Å²) in [7, 11) is 0. The number of hydrogen-bond donors (Lipinski definition) is 0. The number of terminal acetylenes is 1. The number of nitrogens with zero attached hydrogens (tertiary/aromatic N) is 2. The molecule has 0 saturated carbocycles. The zero-order valence-corrected chi connectivity index (χ0v) is 12.9. The molecule has 2 amide bonds. The Morgan fingerprint density at radius 3 is 2.83 bits per heavy atom. The predicted octanol–water partition coefficient (Wildman–Crippen LogP) is 1.18. The minimum atomic E-state index is -1.03. The molecule has 2 unspecified atom stereocenters. The average molecular weight is 334 g/mol. The third-order valence-corrected chi connectivity index (χ3v) is 4.29. The Kier molecular flexibility index (Phi) is 4.49. The summed E-state index contributed by atoms with van der Waals surface area (Å²) >= 11 is 0. The summed E-state index contributed by atoms with van der Waals surface area (Å²) in [6.45, 7) is 1.17. The number of carbonyl (C=O) groups is 2. The molecule has 2 heterocycles. The van der Waals surface area contributed by atoms with Crippen LogP contribution in [0.5, 0.6) is 0 Å². The highest BCUT2D eigenvalue weighted by molar-refractivity contribution is 6.00. The van der Waals surface area contributed by atoms with E-state index in [1.807, 2.05) is 0 Å². The van der Waals surface area contributed by atoms with Gasteiger partial charge in [-0.25, -0.2) is 8.78 Å². The molecule has 7 heteroatoms. The normalized spacial score (nSPS) is 24.1. The van der Waals surface area contributed by atoms with Crippen LogP contribution in [0.4, 0.5) is 14.5 Å². The van der Waals surface area contributed by atoms with E-state index in [0.717, 1.165) is 12.1 Å². The Hall–Kier alpha value is -2.46. The van der Waals surface area contributed by atoms with Gasteiger partial charge in [-0.2, -0.15) is 0 Å². The first kappa shape index (κ1) is 16.4. The second kappa shape index (κ2) is 6.57. The Labute approximate surface area is 138 Å². The van der Waals surface area contributed by atoms with Crippen molar-refractivity contribution in [2.75, 3.05) is 31.2 Å². The van der Waals surface area contributed by atoms with Gasteiger partial charge in [0.05, 0.1) is 19.1 Å². The SMILES string of the molecule is C#CC1COCCN1C(=O)C1CC(=O)N(c2ccc(F)c(F)c2)C1. The summed E-state index contributed by atoms with van der Waals surface area (Å²) in [6.07, 6.45) is 5.45. The van der Waals surface area contributed by atoms with Crippen LogP contribution in [0.2, 0.25) is 0 Å². The van der Waals surface area contributed by atoms with Gasteiger partial charge in [-0.15, -0.1) is 6.42 Å². The molecule has 0 bridgehead atoms. The molecule has 0 aliphatic carbocycles. The molecule has 3 rings (SSSR count). The van der Waals surface area contributed by atoms with E-state index in [-0.39, 0.29) is 37.1 Å². The first-order valence-electron chi connectivity index (χ1n) is 7.61. The van der Waals surface area contributed by atoms with Crippen molar-refractivity contribution in [2.45, 2.75) is 12.5 Å². The molecule has 2 saturated heterocycles. The van der Waals surface area contributed by atoms with Crippen molar-refractivity contribution in [3.05, 3.63) is 29.8 Å². The van der Waals surface area contributed by atoms with Crippen LogP contribution in [-0.4, -0.2) is 49.1 Å². The van der Waals surface area contributed by atoms with Crippen molar-refractivity contribution in [2.24, 2.45) is 5.92 Å². The van der Waals surface area contributed by atoms with Gasteiger partial charge >= 0.3 is 0 Å². The first-order chi connectivity index (χ1) is 11.5. The number of hydrogen-bond acceptors (Lipinski definition) is 3. The topological polar surface area (TPSA) is 49.9 Å². The van der Waals surface area contributed by atoms with Crippen LogP contribution in [0.1, 0.15) is 6.42 Å². The molecule has 1 aromatic rings. The largest absolute Gasteiger partial charge is 0.376 e. The third-order valence-electron chi connectivity index (χ3n) is 4.29. The van der Waals surface area contributed by atoms with E-state index in [9.17, 15) is 18.4 Å². The fourth-order valence-electron chi connectivity index (χ4n) is 3.02. The van der Waals surface area contributed by atoms with Crippen molar-refractivity contribution < 1.29 is 23.1 Å². The summed E-state index contributed by atoms with van der Waals surface area (Å²) in [4.78, 5) is 27.7. The molecule has 2 aliphatic rings. The zero-order valence-electron chi connectivity index (χ0n) is 12.9. The number of amides is 2. The minimum Gasteiger partial charge on any atom is -0.376 e. The Balaban J connectivity index is 1.75. The Morgan fingerprint density at radius 1 is 1.33 bits per heavy atom. The summed E-state index contributed by atoms with van der Waals surface area (Å²) in [5, 5.41) is 0. The van der Waals surface area contributed by atoms with E-state index in [0.29, 0.717) is 13.2 Å². The average Bonchev–Trinajstić information content (AvgIpc) is 2.98. The lowest BCUT2D eigenvalue weighted by Gasteiger charge is -2.34. The Bertz CT molecular complexity index is 716. The number of rotatable bonds is 2. The van der Waals surface area contributed by atoms with Crippen molar-refractivity contribution >= 4 is 17.5 Å². The second-order valence-corrected chi connectivity index (χ2v) is 5.79. The molecule has 126 valence electrons. The van der Waals surface area contributed by atoms with Gasteiger partial charge in [-0.05, 0) is 12.1 Å². The summed E-state index contributed by atoms with van der Waals surface area (Å²) in [5.41, 5.74) is 0.240. The number of halogens is 2. The lowest BCUT2D eigenvalue weighted by atomic mass is 10.1. The highest BCUT2D eigenvalue weighted by Gasteiger charge is 2.39. The van der Waals surface area contributed by atoms with E-state index in [1.54, 1.807) is 4.90 Å².